The Balaban J connectivity index is 0.00000110. The van der Waals surface area contributed by atoms with E-state index in [1.54, 1.807) is 12.4 Å². The Morgan fingerprint density at radius 3 is 2.57 bits per heavy atom. The molecule has 7 heteroatoms. The lowest BCUT2D eigenvalue weighted by Gasteiger charge is -2.43. The summed E-state index contributed by atoms with van der Waals surface area (Å²) < 4.78 is 0. The first-order valence-corrected chi connectivity index (χ1v) is 7.25. The molecule has 2 saturated carbocycles. The minimum atomic E-state index is 0. The van der Waals surface area contributed by atoms with Gasteiger partial charge in [0.2, 0.25) is 5.91 Å². The molecule has 4 N–H and O–H groups in total. The lowest BCUT2D eigenvalue weighted by molar-refractivity contribution is -0.128. The molecule has 0 aromatic carbocycles. The van der Waals surface area contributed by atoms with E-state index in [-0.39, 0.29) is 36.6 Å². The van der Waals surface area contributed by atoms with Gasteiger partial charge in [-0.25, -0.2) is 4.98 Å². The summed E-state index contributed by atoms with van der Waals surface area (Å²) in [5.74, 6) is 2.21. The maximum Gasteiger partial charge on any atom is 0.223 e. The number of fused-ring (bicyclic) bond motifs is 2. The average molecular weight is 335 g/mol. The van der Waals surface area contributed by atoms with E-state index in [0.29, 0.717) is 24.4 Å². The molecule has 3 rings (SSSR count). The van der Waals surface area contributed by atoms with Crippen LogP contribution in [0.25, 0.3) is 0 Å². The topological polar surface area (TPSA) is 83.8 Å². The van der Waals surface area contributed by atoms with Crippen LogP contribution in [0.2, 0.25) is 0 Å². The molecule has 0 aliphatic heterocycles. The highest BCUT2D eigenvalue weighted by atomic mass is 35.5. The van der Waals surface area contributed by atoms with Crippen LogP contribution in [0.5, 0.6) is 0 Å². The van der Waals surface area contributed by atoms with Gasteiger partial charge in [0.15, 0.2) is 0 Å². The summed E-state index contributed by atoms with van der Waals surface area (Å²) in [6.07, 6.45) is 9.06. The number of nitrogens with two attached hydrogens (primary N) is 1. The Morgan fingerprint density at radius 2 is 2.00 bits per heavy atom. The molecular formula is C14H24Cl2N4O. The molecule has 2 atom stereocenters. The maximum atomic E-state index is 12.2. The van der Waals surface area contributed by atoms with Crippen molar-refractivity contribution in [3.8, 4) is 0 Å². The van der Waals surface area contributed by atoms with E-state index in [0.717, 1.165) is 18.7 Å². The second-order valence-corrected chi connectivity index (χ2v) is 5.95. The van der Waals surface area contributed by atoms with Crippen LogP contribution in [0, 0.1) is 17.8 Å². The van der Waals surface area contributed by atoms with E-state index < -0.39 is 0 Å². The first-order valence-electron chi connectivity index (χ1n) is 7.25. The number of imidazole rings is 1. The van der Waals surface area contributed by atoms with Gasteiger partial charge in [-0.3, -0.25) is 4.79 Å². The Kier molecular flexibility index (Phi) is 6.97. The molecule has 1 aromatic rings. The van der Waals surface area contributed by atoms with Crippen molar-refractivity contribution in [1.82, 2.24) is 15.3 Å². The summed E-state index contributed by atoms with van der Waals surface area (Å²) in [4.78, 5) is 19.3. The third kappa shape index (κ3) is 4.11. The Morgan fingerprint density at radius 1 is 1.33 bits per heavy atom. The molecule has 120 valence electrons. The third-order valence-electron chi connectivity index (χ3n) is 4.77. The normalized spacial score (nSPS) is 30.7. The van der Waals surface area contributed by atoms with Gasteiger partial charge in [0, 0.05) is 24.4 Å². The van der Waals surface area contributed by atoms with Gasteiger partial charge >= 0.3 is 0 Å². The van der Waals surface area contributed by atoms with Gasteiger partial charge in [-0.1, -0.05) is 6.42 Å². The van der Waals surface area contributed by atoms with Gasteiger partial charge in [0.25, 0.3) is 0 Å². The van der Waals surface area contributed by atoms with E-state index in [1.807, 2.05) is 0 Å². The van der Waals surface area contributed by atoms with Crippen molar-refractivity contribution in [2.75, 3.05) is 0 Å². The second-order valence-electron chi connectivity index (χ2n) is 5.95. The molecule has 0 spiro atoms. The molecule has 2 bridgehead atoms. The molecule has 2 fully saturated rings. The number of H-pyrrole nitrogens is 1. The van der Waals surface area contributed by atoms with Crippen LogP contribution >= 0.6 is 24.8 Å². The number of amides is 1. The fourth-order valence-electron chi connectivity index (χ4n) is 3.71. The highest BCUT2D eigenvalue weighted by molar-refractivity contribution is 5.85. The highest BCUT2D eigenvalue weighted by Gasteiger charge is 2.40. The van der Waals surface area contributed by atoms with E-state index in [2.05, 4.69) is 15.3 Å². The van der Waals surface area contributed by atoms with Crippen molar-refractivity contribution < 1.29 is 4.79 Å². The van der Waals surface area contributed by atoms with E-state index in [1.165, 1.54) is 19.3 Å². The minimum absolute atomic E-state index is 0. The highest BCUT2D eigenvalue weighted by Crippen LogP contribution is 2.41. The van der Waals surface area contributed by atoms with Crippen LogP contribution in [-0.4, -0.2) is 21.9 Å². The second kappa shape index (κ2) is 8.01. The smallest absolute Gasteiger partial charge is 0.223 e. The molecule has 2 aliphatic carbocycles. The Bertz CT molecular complexity index is 426. The van der Waals surface area contributed by atoms with Crippen molar-refractivity contribution in [1.29, 1.82) is 0 Å². The van der Waals surface area contributed by atoms with Crippen LogP contribution in [0.1, 0.15) is 37.9 Å². The lowest BCUT2D eigenvalue weighted by Crippen LogP contribution is -2.49. The van der Waals surface area contributed by atoms with E-state index >= 15 is 0 Å². The average Bonchev–Trinajstić information content (AvgIpc) is 2.88. The molecule has 1 aromatic heterocycles. The number of aromatic amines is 1. The summed E-state index contributed by atoms with van der Waals surface area (Å²) in [5.41, 5.74) is 6.25. The number of halogens is 2. The number of rotatable bonds is 3. The molecule has 1 heterocycles. The fraction of sp³-hybridized carbons (Fsp3) is 0.714. The van der Waals surface area contributed by atoms with Gasteiger partial charge < -0.3 is 16.0 Å². The van der Waals surface area contributed by atoms with Gasteiger partial charge in [0.05, 0.1) is 6.54 Å². The quantitative estimate of drug-likeness (QED) is 0.790. The number of hydrogen-bond acceptors (Lipinski definition) is 3. The minimum Gasteiger partial charge on any atom is -0.349 e. The van der Waals surface area contributed by atoms with E-state index in [9.17, 15) is 4.79 Å². The number of carbonyl (C=O) groups is 1. The lowest BCUT2D eigenvalue weighted by atomic mass is 9.65. The predicted octanol–water partition coefficient (Wildman–Crippen LogP) is 2.02. The summed E-state index contributed by atoms with van der Waals surface area (Å²) in [7, 11) is 0. The number of carbonyl (C=O) groups excluding carboxylic acids is 1. The molecule has 0 saturated heterocycles. The first kappa shape index (κ1) is 18.3. The number of nitrogens with zero attached hydrogens (tertiary/aromatic N) is 1. The monoisotopic (exact) mass is 334 g/mol. The molecule has 0 radical (unpaired) electrons. The van der Waals surface area contributed by atoms with Crippen molar-refractivity contribution in [2.24, 2.45) is 23.5 Å². The Hall–Kier alpha value is -0.780. The van der Waals surface area contributed by atoms with Crippen molar-refractivity contribution in [3.63, 3.8) is 0 Å². The van der Waals surface area contributed by atoms with Crippen LogP contribution in [0.3, 0.4) is 0 Å². The van der Waals surface area contributed by atoms with Crippen LogP contribution in [0.15, 0.2) is 12.4 Å². The molecule has 5 nitrogen and oxygen atoms in total. The molecule has 2 unspecified atom stereocenters. The maximum absolute atomic E-state index is 12.2. The largest absolute Gasteiger partial charge is 0.349 e. The molecule has 1 amide bonds. The number of nitrogens with one attached hydrogen (secondary N) is 2. The zero-order valence-electron chi connectivity index (χ0n) is 12.0. The van der Waals surface area contributed by atoms with Crippen LogP contribution in [-0.2, 0) is 11.3 Å². The Labute approximate surface area is 137 Å². The fourth-order valence-corrected chi connectivity index (χ4v) is 3.71. The SMILES string of the molecule is Cl.Cl.NC1C2CCCC1CC(C(=O)NCc1ncc[nH]1)C2. The van der Waals surface area contributed by atoms with Gasteiger partial charge in [0.1, 0.15) is 5.82 Å². The number of aromatic nitrogens is 2. The van der Waals surface area contributed by atoms with Gasteiger partial charge in [-0.2, -0.15) is 0 Å². The summed E-state index contributed by atoms with van der Waals surface area (Å²) in [5, 5.41) is 2.99. The molecule has 21 heavy (non-hydrogen) atoms. The zero-order valence-corrected chi connectivity index (χ0v) is 13.6. The zero-order chi connectivity index (χ0) is 13.2. The van der Waals surface area contributed by atoms with Gasteiger partial charge in [-0.05, 0) is 37.5 Å². The molecule has 2 aliphatic rings. The summed E-state index contributed by atoms with van der Waals surface area (Å²) in [6.45, 7) is 0.490. The summed E-state index contributed by atoms with van der Waals surface area (Å²) >= 11 is 0. The predicted molar refractivity (Wildman–Crippen MR) is 86.5 cm³/mol. The van der Waals surface area contributed by atoms with Crippen LogP contribution < -0.4 is 11.1 Å². The van der Waals surface area contributed by atoms with Crippen molar-refractivity contribution in [2.45, 2.75) is 44.7 Å². The standard InChI is InChI=1S/C14H22N4O.2ClH/c15-13-9-2-1-3-10(13)7-11(6-9)14(19)18-8-12-16-4-5-17-12;;/h4-5,9-11,13H,1-3,6-8,15H2,(H,16,17)(H,18,19);2*1H. The van der Waals surface area contributed by atoms with E-state index in [4.69, 9.17) is 5.73 Å². The van der Waals surface area contributed by atoms with Crippen LogP contribution in [0.4, 0.5) is 0 Å². The van der Waals surface area contributed by atoms with Crippen molar-refractivity contribution in [3.05, 3.63) is 18.2 Å². The van der Waals surface area contributed by atoms with Crippen molar-refractivity contribution >= 4 is 30.7 Å². The third-order valence-corrected chi connectivity index (χ3v) is 4.77. The number of hydrogen-bond donors (Lipinski definition) is 3. The molecular weight excluding hydrogens is 311 g/mol. The summed E-state index contributed by atoms with van der Waals surface area (Å²) in [6, 6.07) is 0.322. The first-order chi connectivity index (χ1) is 9.24. The van der Waals surface area contributed by atoms with Gasteiger partial charge in [-0.15, -0.1) is 24.8 Å².